The van der Waals surface area contributed by atoms with E-state index >= 15 is 0 Å². The first-order valence-corrected chi connectivity index (χ1v) is 9.86. The second-order valence-electron chi connectivity index (χ2n) is 6.40. The molecule has 1 aromatic carbocycles. The predicted molar refractivity (Wildman–Crippen MR) is 105 cm³/mol. The van der Waals surface area contributed by atoms with E-state index in [9.17, 15) is 4.79 Å². The molecule has 0 N–H and O–H groups in total. The van der Waals surface area contributed by atoms with Gasteiger partial charge in [0.15, 0.2) is 18.1 Å². The minimum Gasteiger partial charge on any atom is -0.493 e. The van der Waals surface area contributed by atoms with Gasteiger partial charge >= 0.3 is 5.97 Å². The number of ether oxygens (including phenoxy) is 4. The molecule has 29 heavy (non-hydrogen) atoms. The van der Waals surface area contributed by atoms with Crippen LogP contribution in [0.3, 0.4) is 0 Å². The van der Waals surface area contributed by atoms with E-state index in [0.29, 0.717) is 27.7 Å². The normalized spacial score (nSPS) is 12.5. The Kier molecular flexibility index (Phi) is 5.39. The van der Waals surface area contributed by atoms with Crippen LogP contribution in [0.2, 0.25) is 0 Å². The molecule has 0 atom stereocenters. The lowest BCUT2D eigenvalue weighted by Gasteiger charge is -2.12. The number of benzene rings is 1. The second-order valence-corrected chi connectivity index (χ2v) is 7.54. The lowest BCUT2D eigenvalue weighted by Crippen LogP contribution is -2.03. The summed E-state index contributed by atoms with van der Waals surface area (Å²) in [4.78, 5) is 14.2. The van der Waals surface area contributed by atoms with Gasteiger partial charge in [0.1, 0.15) is 4.88 Å². The molecule has 1 aliphatic carbocycles. The van der Waals surface area contributed by atoms with Gasteiger partial charge in [-0.05, 0) is 43.0 Å². The molecule has 3 aromatic rings. The third-order valence-electron chi connectivity index (χ3n) is 4.65. The number of esters is 1. The van der Waals surface area contributed by atoms with Gasteiger partial charge in [-0.1, -0.05) is 0 Å². The van der Waals surface area contributed by atoms with Crippen LogP contribution in [0.25, 0.3) is 11.5 Å². The molecule has 8 nitrogen and oxygen atoms in total. The van der Waals surface area contributed by atoms with Gasteiger partial charge in [0.05, 0.1) is 21.3 Å². The number of thiophene rings is 1. The maximum absolute atomic E-state index is 12.3. The highest BCUT2D eigenvalue weighted by Crippen LogP contribution is 2.40. The molecule has 0 amide bonds. The molecule has 0 radical (unpaired) electrons. The largest absolute Gasteiger partial charge is 0.493 e. The molecule has 0 saturated carbocycles. The van der Waals surface area contributed by atoms with Crippen molar-refractivity contribution in [1.29, 1.82) is 0 Å². The molecule has 2 heterocycles. The molecule has 0 aliphatic heterocycles. The average Bonchev–Trinajstić information content (AvgIpc) is 3.46. The van der Waals surface area contributed by atoms with Crippen molar-refractivity contribution in [3.8, 4) is 28.7 Å². The molecule has 1 aliphatic rings. The monoisotopic (exact) mass is 416 g/mol. The first-order chi connectivity index (χ1) is 14.1. The van der Waals surface area contributed by atoms with Crippen LogP contribution in [-0.2, 0) is 24.2 Å². The van der Waals surface area contributed by atoms with Crippen LogP contribution in [0.1, 0.15) is 32.4 Å². The van der Waals surface area contributed by atoms with E-state index in [4.69, 9.17) is 23.4 Å². The van der Waals surface area contributed by atoms with Crippen molar-refractivity contribution in [2.24, 2.45) is 0 Å². The number of fused-ring (bicyclic) bond motifs is 1. The number of aromatic nitrogens is 2. The lowest BCUT2D eigenvalue weighted by molar-refractivity contribution is 0.0444. The number of aryl methyl sites for hydroxylation is 2. The van der Waals surface area contributed by atoms with Gasteiger partial charge in [0.25, 0.3) is 5.89 Å². The third-order valence-corrected chi connectivity index (χ3v) is 5.87. The Morgan fingerprint density at radius 1 is 1.07 bits per heavy atom. The molecule has 0 bridgehead atoms. The number of rotatable bonds is 7. The van der Waals surface area contributed by atoms with Gasteiger partial charge in [-0.2, -0.15) is 0 Å². The molecule has 0 fully saturated rings. The van der Waals surface area contributed by atoms with E-state index in [1.165, 1.54) is 43.1 Å². The summed E-state index contributed by atoms with van der Waals surface area (Å²) in [5, 5.41) is 7.99. The number of nitrogens with zero attached hydrogens (tertiary/aromatic N) is 2. The fourth-order valence-corrected chi connectivity index (χ4v) is 4.41. The molecule has 2 aromatic heterocycles. The molecule has 0 spiro atoms. The molecule has 0 saturated heterocycles. The quantitative estimate of drug-likeness (QED) is 0.539. The minimum atomic E-state index is -0.378. The Bertz CT molecular complexity index is 995. The summed E-state index contributed by atoms with van der Waals surface area (Å²) in [6, 6.07) is 5.33. The third kappa shape index (κ3) is 3.77. The van der Waals surface area contributed by atoms with Crippen molar-refractivity contribution in [2.75, 3.05) is 21.3 Å². The summed E-state index contributed by atoms with van der Waals surface area (Å²) in [6.45, 7) is -0.0984. The Labute approximate surface area is 171 Å². The summed E-state index contributed by atoms with van der Waals surface area (Å²) in [6.07, 6.45) is 3.22. The van der Waals surface area contributed by atoms with Crippen LogP contribution in [0.4, 0.5) is 0 Å². The van der Waals surface area contributed by atoms with Gasteiger partial charge in [0.2, 0.25) is 11.6 Å². The molecule has 4 rings (SSSR count). The smallest absolute Gasteiger partial charge is 0.348 e. The number of carbonyl (C=O) groups excluding carboxylic acids is 1. The van der Waals surface area contributed by atoms with E-state index in [-0.39, 0.29) is 24.4 Å². The van der Waals surface area contributed by atoms with Crippen LogP contribution in [0.15, 0.2) is 22.6 Å². The summed E-state index contributed by atoms with van der Waals surface area (Å²) >= 11 is 1.50. The molecular formula is C20H20N2O6S. The van der Waals surface area contributed by atoms with E-state index in [0.717, 1.165) is 19.3 Å². The van der Waals surface area contributed by atoms with Crippen molar-refractivity contribution >= 4 is 17.3 Å². The minimum absolute atomic E-state index is 0.0984. The van der Waals surface area contributed by atoms with Gasteiger partial charge in [0, 0.05) is 10.4 Å². The Balaban J connectivity index is 1.47. The van der Waals surface area contributed by atoms with Gasteiger partial charge in [-0.3, -0.25) is 0 Å². The van der Waals surface area contributed by atoms with Gasteiger partial charge < -0.3 is 23.4 Å². The van der Waals surface area contributed by atoms with E-state index in [1.807, 2.05) is 6.07 Å². The van der Waals surface area contributed by atoms with Crippen molar-refractivity contribution < 1.29 is 28.2 Å². The van der Waals surface area contributed by atoms with Crippen molar-refractivity contribution in [2.45, 2.75) is 25.9 Å². The zero-order valence-electron chi connectivity index (χ0n) is 16.3. The zero-order valence-corrected chi connectivity index (χ0v) is 17.1. The topological polar surface area (TPSA) is 92.9 Å². The van der Waals surface area contributed by atoms with Gasteiger partial charge in [-0.25, -0.2) is 4.79 Å². The van der Waals surface area contributed by atoms with E-state index < -0.39 is 0 Å². The SMILES string of the molecule is COc1cc(-c2nnc(COC(=O)c3cc4c(s3)CCC4)o2)cc(OC)c1OC. The molecular weight excluding hydrogens is 396 g/mol. The van der Waals surface area contributed by atoms with Crippen molar-refractivity contribution in [1.82, 2.24) is 10.2 Å². The van der Waals surface area contributed by atoms with Crippen LogP contribution >= 0.6 is 11.3 Å². The van der Waals surface area contributed by atoms with Crippen LogP contribution < -0.4 is 14.2 Å². The average molecular weight is 416 g/mol. The van der Waals surface area contributed by atoms with E-state index in [1.54, 1.807) is 12.1 Å². The molecule has 0 unspecified atom stereocenters. The fourth-order valence-electron chi connectivity index (χ4n) is 3.26. The number of carbonyl (C=O) groups is 1. The first kappa shape index (κ1) is 19.3. The standard InChI is InChI=1S/C20H20N2O6S/c1-24-13-7-12(8-14(25-2)18(13)26-3)19-22-21-17(28-19)10-27-20(23)16-9-11-5-4-6-15(11)29-16/h7-9H,4-6,10H2,1-3H3. The van der Waals surface area contributed by atoms with Crippen LogP contribution in [0.5, 0.6) is 17.2 Å². The summed E-state index contributed by atoms with van der Waals surface area (Å²) in [5.41, 5.74) is 1.85. The molecule has 152 valence electrons. The summed E-state index contributed by atoms with van der Waals surface area (Å²) in [5.74, 6) is 1.49. The van der Waals surface area contributed by atoms with Gasteiger partial charge in [-0.15, -0.1) is 21.5 Å². The number of methoxy groups -OCH3 is 3. The maximum Gasteiger partial charge on any atom is 0.348 e. The van der Waals surface area contributed by atoms with Crippen molar-refractivity contribution in [3.05, 3.63) is 39.4 Å². The lowest BCUT2D eigenvalue weighted by atomic mass is 10.2. The maximum atomic E-state index is 12.3. The molecule has 9 heteroatoms. The Morgan fingerprint density at radius 2 is 1.83 bits per heavy atom. The Morgan fingerprint density at radius 3 is 2.48 bits per heavy atom. The highest BCUT2D eigenvalue weighted by atomic mass is 32.1. The Hall–Kier alpha value is -3.07. The highest BCUT2D eigenvalue weighted by Gasteiger charge is 2.21. The van der Waals surface area contributed by atoms with Crippen molar-refractivity contribution in [3.63, 3.8) is 0 Å². The number of hydrogen-bond donors (Lipinski definition) is 0. The summed E-state index contributed by atoms with van der Waals surface area (Å²) in [7, 11) is 4.59. The predicted octanol–water partition coefficient (Wildman–Crippen LogP) is 3.67. The number of hydrogen-bond acceptors (Lipinski definition) is 9. The summed E-state index contributed by atoms with van der Waals surface area (Å²) < 4.78 is 27.0. The highest BCUT2D eigenvalue weighted by molar-refractivity contribution is 7.14. The van der Waals surface area contributed by atoms with Crippen LogP contribution in [0, 0.1) is 0 Å². The fraction of sp³-hybridized carbons (Fsp3) is 0.350. The second kappa shape index (κ2) is 8.12. The first-order valence-electron chi connectivity index (χ1n) is 9.04. The van der Waals surface area contributed by atoms with E-state index in [2.05, 4.69) is 10.2 Å². The zero-order chi connectivity index (χ0) is 20.4. The van der Waals surface area contributed by atoms with Crippen LogP contribution in [-0.4, -0.2) is 37.5 Å².